The molecule has 2 heterocycles. The molecule has 2 aliphatic heterocycles. The van der Waals surface area contributed by atoms with E-state index in [0.717, 1.165) is 6.54 Å². The number of rotatable bonds is 0. The van der Waals surface area contributed by atoms with Gasteiger partial charge in [0, 0.05) is 19.1 Å². The smallest absolute Gasteiger partial charge is 0.0395 e. The van der Waals surface area contributed by atoms with E-state index in [2.05, 4.69) is 56.9 Å². The van der Waals surface area contributed by atoms with Gasteiger partial charge in [0.1, 0.15) is 0 Å². The van der Waals surface area contributed by atoms with Crippen molar-refractivity contribution in [2.75, 3.05) is 6.54 Å². The van der Waals surface area contributed by atoms with Crippen LogP contribution in [0.4, 0.5) is 0 Å². The van der Waals surface area contributed by atoms with Crippen molar-refractivity contribution in [3.8, 4) is 0 Å². The molecule has 114 valence electrons. The van der Waals surface area contributed by atoms with E-state index in [-0.39, 0.29) is 0 Å². The third-order valence-electron chi connectivity index (χ3n) is 5.96. The highest BCUT2D eigenvalue weighted by atomic mass is 15.2. The Kier molecular flexibility index (Phi) is 3.16. The Morgan fingerprint density at radius 2 is 1.68 bits per heavy atom. The van der Waals surface area contributed by atoms with Crippen LogP contribution in [-0.4, -0.2) is 11.4 Å². The Morgan fingerprint density at radius 3 is 2.50 bits per heavy atom. The van der Waals surface area contributed by atoms with Crippen LogP contribution < -0.4 is 0 Å². The fourth-order valence-corrected chi connectivity index (χ4v) is 4.22. The molecule has 2 aromatic carbocycles. The molecule has 0 amide bonds. The average molecular weight is 291 g/mol. The van der Waals surface area contributed by atoms with Crippen molar-refractivity contribution >= 4 is 0 Å². The lowest BCUT2D eigenvalue weighted by Crippen LogP contribution is -2.39. The zero-order valence-corrected chi connectivity index (χ0v) is 14.2. The minimum Gasteiger partial charge on any atom is -0.291 e. The SMILES string of the molecule is Cc1cc2c(cc1C)C1Cc3ccc(C)c(C)c3CN1CC2. The van der Waals surface area contributed by atoms with Gasteiger partial charge in [-0.05, 0) is 85.0 Å². The lowest BCUT2D eigenvalue weighted by Gasteiger charge is -2.42. The summed E-state index contributed by atoms with van der Waals surface area (Å²) in [7, 11) is 0. The van der Waals surface area contributed by atoms with Crippen LogP contribution in [0.15, 0.2) is 24.3 Å². The molecule has 2 aliphatic rings. The molecule has 0 aromatic heterocycles. The Bertz CT molecular complexity index is 757. The first kappa shape index (κ1) is 14.0. The minimum atomic E-state index is 0.581. The van der Waals surface area contributed by atoms with Gasteiger partial charge < -0.3 is 0 Å². The molecule has 4 rings (SSSR count). The van der Waals surface area contributed by atoms with Crippen LogP contribution in [0.2, 0.25) is 0 Å². The molecule has 1 atom stereocenters. The van der Waals surface area contributed by atoms with Crippen molar-refractivity contribution in [1.82, 2.24) is 4.90 Å². The first-order valence-electron chi connectivity index (χ1n) is 8.46. The van der Waals surface area contributed by atoms with Crippen LogP contribution in [-0.2, 0) is 19.4 Å². The van der Waals surface area contributed by atoms with Gasteiger partial charge in [-0.1, -0.05) is 24.3 Å². The molecule has 0 spiro atoms. The summed E-state index contributed by atoms with van der Waals surface area (Å²) in [5.74, 6) is 0. The second-order valence-corrected chi connectivity index (χ2v) is 7.22. The van der Waals surface area contributed by atoms with Gasteiger partial charge >= 0.3 is 0 Å². The lowest BCUT2D eigenvalue weighted by atomic mass is 9.81. The molecule has 22 heavy (non-hydrogen) atoms. The van der Waals surface area contributed by atoms with Crippen molar-refractivity contribution in [1.29, 1.82) is 0 Å². The number of aryl methyl sites for hydroxylation is 3. The topological polar surface area (TPSA) is 3.24 Å². The minimum absolute atomic E-state index is 0.581. The van der Waals surface area contributed by atoms with E-state index in [1.54, 1.807) is 22.3 Å². The Hall–Kier alpha value is -1.60. The molecule has 1 heteroatoms. The summed E-state index contributed by atoms with van der Waals surface area (Å²) >= 11 is 0. The van der Waals surface area contributed by atoms with Crippen LogP contribution >= 0.6 is 0 Å². The summed E-state index contributed by atoms with van der Waals surface area (Å²) in [5, 5.41) is 0. The first-order valence-corrected chi connectivity index (χ1v) is 8.46. The molecule has 2 aromatic rings. The van der Waals surface area contributed by atoms with E-state index in [9.17, 15) is 0 Å². The second-order valence-electron chi connectivity index (χ2n) is 7.22. The fourth-order valence-electron chi connectivity index (χ4n) is 4.22. The predicted octanol–water partition coefficient (Wildman–Crippen LogP) is 4.58. The zero-order valence-electron chi connectivity index (χ0n) is 14.2. The van der Waals surface area contributed by atoms with Crippen LogP contribution in [0, 0.1) is 27.7 Å². The molecule has 1 unspecified atom stereocenters. The van der Waals surface area contributed by atoms with Crippen molar-refractivity contribution in [2.45, 2.75) is 53.1 Å². The summed E-state index contributed by atoms with van der Waals surface area (Å²) < 4.78 is 0. The van der Waals surface area contributed by atoms with Gasteiger partial charge in [-0.15, -0.1) is 0 Å². The first-order chi connectivity index (χ1) is 10.5. The van der Waals surface area contributed by atoms with Crippen LogP contribution in [0.3, 0.4) is 0 Å². The van der Waals surface area contributed by atoms with Crippen molar-refractivity contribution < 1.29 is 0 Å². The summed E-state index contributed by atoms with van der Waals surface area (Å²) in [4.78, 5) is 2.70. The zero-order chi connectivity index (χ0) is 15.4. The number of hydrogen-bond donors (Lipinski definition) is 0. The van der Waals surface area contributed by atoms with E-state index in [1.807, 2.05) is 0 Å². The summed E-state index contributed by atoms with van der Waals surface area (Å²) in [6.45, 7) is 11.3. The standard InChI is InChI=1S/C21H25N/c1-13-5-6-17-11-21-19-10-15(3)14(2)9-18(19)7-8-22(21)12-20(17)16(13)4/h5-6,9-10,21H,7-8,11-12H2,1-4H3. The Morgan fingerprint density at radius 1 is 0.909 bits per heavy atom. The molecule has 1 nitrogen and oxygen atoms in total. The molecular weight excluding hydrogens is 266 g/mol. The normalized spacial score (nSPS) is 20.3. The number of fused-ring (bicyclic) bond motifs is 4. The van der Waals surface area contributed by atoms with E-state index in [0.29, 0.717) is 6.04 Å². The van der Waals surface area contributed by atoms with E-state index in [4.69, 9.17) is 0 Å². The highest BCUT2D eigenvalue weighted by Crippen LogP contribution is 2.40. The van der Waals surface area contributed by atoms with Gasteiger partial charge in [-0.25, -0.2) is 0 Å². The van der Waals surface area contributed by atoms with E-state index in [1.165, 1.54) is 41.6 Å². The third-order valence-corrected chi connectivity index (χ3v) is 5.96. The van der Waals surface area contributed by atoms with Gasteiger partial charge in [-0.3, -0.25) is 4.90 Å². The Balaban J connectivity index is 1.80. The highest BCUT2D eigenvalue weighted by Gasteiger charge is 2.32. The summed E-state index contributed by atoms with van der Waals surface area (Å²) in [5.41, 5.74) is 12.1. The lowest BCUT2D eigenvalue weighted by molar-refractivity contribution is 0.160. The third kappa shape index (κ3) is 2.03. The van der Waals surface area contributed by atoms with Gasteiger partial charge in [0.05, 0.1) is 0 Å². The molecule has 0 N–H and O–H groups in total. The van der Waals surface area contributed by atoms with Crippen molar-refractivity contribution in [3.05, 3.63) is 68.8 Å². The molecule has 0 bridgehead atoms. The Labute approximate surface area is 134 Å². The van der Waals surface area contributed by atoms with Crippen molar-refractivity contribution in [2.24, 2.45) is 0 Å². The average Bonchev–Trinajstić information content (AvgIpc) is 2.51. The van der Waals surface area contributed by atoms with E-state index >= 15 is 0 Å². The molecule has 0 aliphatic carbocycles. The van der Waals surface area contributed by atoms with Gasteiger partial charge in [0.25, 0.3) is 0 Å². The van der Waals surface area contributed by atoms with Crippen LogP contribution in [0.25, 0.3) is 0 Å². The largest absolute Gasteiger partial charge is 0.291 e. The number of nitrogens with zero attached hydrogens (tertiary/aromatic N) is 1. The second kappa shape index (κ2) is 4.96. The number of benzene rings is 2. The monoisotopic (exact) mass is 291 g/mol. The van der Waals surface area contributed by atoms with Crippen LogP contribution in [0.5, 0.6) is 0 Å². The molecular formula is C21H25N. The molecule has 0 saturated carbocycles. The van der Waals surface area contributed by atoms with Crippen LogP contribution in [0.1, 0.15) is 50.5 Å². The molecule has 0 radical (unpaired) electrons. The maximum Gasteiger partial charge on any atom is 0.0395 e. The van der Waals surface area contributed by atoms with Gasteiger partial charge in [0.15, 0.2) is 0 Å². The number of hydrogen-bond acceptors (Lipinski definition) is 1. The highest BCUT2D eigenvalue weighted by molar-refractivity contribution is 5.46. The summed E-state index contributed by atoms with van der Waals surface area (Å²) in [6, 6.07) is 10.1. The predicted molar refractivity (Wildman–Crippen MR) is 92.4 cm³/mol. The maximum absolute atomic E-state index is 2.70. The molecule has 0 fully saturated rings. The van der Waals surface area contributed by atoms with Gasteiger partial charge in [-0.2, -0.15) is 0 Å². The van der Waals surface area contributed by atoms with E-state index < -0.39 is 0 Å². The molecule has 0 saturated heterocycles. The fraction of sp³-hybridized carbons (Fsp3) is 0.429. The van der Waals surface area contributed by atoms with Gasteiger partial charge in [0.2, 0.25) is 0 Å². The quantitative estimate of drug-likeness (QED) is 0.687. The summed E-state index contributed by atoms with van der Waals surface area (Å²) in [6.07, 6.45) is 2.37. The maximum atomic E-state index is 2.70. The van der Waals surface area contributed by atoms with Crippen molar-refractivity contribution in [3.63, 3.8) is 0 Å².